The smallest absolute Gasteiger partial charge is 0.309 e. The van der Waals surface area contributed by atoms with Crippen LogP contribution in [0.15, 0.2) is 24.3 Å². The standard InChI is InChI=1S/C43H71NO15/c1-11-12-14-19-33(48)57-41-28(5)54-35(24-43(41,7)51)58-38-27(4)55-42(37(50)36(38)44(8)9)59-39-30(20-21-45)22-25(2)31(47)18-16-13-15-17-26(3)53-34(49)23-32(40(39)52-10)56-29(6)46/h13,15-16,18,21,25-28,30-32,35-42,47,50-51H,11-12,14,17,19-20,22-24H2,1-10H3/t25-,26-,27?,28?,30+,31+,32-,35?,36?,37?,38?,39+,40+,41?,42?,43?/m1/s1. The Kier molecular flexibility index (Phi) is 20.6. The van der Waals surface area contributed by atoms with Crippen molar-refractivity contribution in [3.63, 3.8) is 0 Å². The number of hydrogen-bond acceptors (Lipinski definition) is 16. The molecule has 0 aliphatic carbocycles. The molecule has 338 valence electrons. The minimum absolute atomic E-state index is 0.0388. The van der Waals surface area contributed by atoms with E-state index in [4.69, 9.17) is 37.9 Å². The second kappa shape index (κ2) is 24.0. The van der Waals surface area contributed by atoms with Gasteiger partial charge in [-0.25, -0.2) is 0 Å². The van der Waals surface area contributed by atoms with Gasteiger partial charge in [-0.3, -0.25) is 14.4 Å². The van der Waals surface area contributed by atoms with Crippen LogP contribution in [0.1, 0.15) is 106 Å². The molecule has 59 heavy (non-hydrogen) atoms. The first-order chi connectivity index (χ1) is 27.8. The van der Waals surface area contributed by atoms with Gasteiger partial charge in [-0.15, -0.1) is 0 Å². The molecule has 16 atom stereocenters. The van der Waals surface area contributed by atoms with Crippen LogP contribution in [0.4, 0.5) is 0 Å². The van der Waals surface area contributed by atoms with Crippen molar-refractivity contribution in [2.24, 2.45) is 11.8 Å². The van der Waals surface area contributed by atoms with Crippen molar-refractivity contribution in [2.45, 2.75) is 192 Å². The SMILES string of the molecule is CCCCCC(=O)OC1C(C)OC(OC2C(C)OC(O[C@H]3[C@@H](CC=O)C[C@@H](C)[C@@H](O)C=CC=CC[C@@H](C)OC(=O)C[C@@H](OC(C)=O)[C@@H]3OC)C(O)C2N(C)C)CC1(C)O. The third kappa shape index (κ3) is 15.0. The molecule has 2 saturated heterocycles. The van der Waals surface area contributed by atoms with E-state index in [0.717, 1.165) is 12.8 Å². The maximum absolute atomic E-state index is 13.3. The van der Waals surface area contributed by atoms with E-state index in [0.29, 0.717) is 19.1 Å². The zero-order valence-corrected chi connectivity index (χ0v) is 36.6. The molecule has 3 aliphatic rings. The first kappa shape index (κ1) is 50.6. The van der Waals surface area contributed by atoms with Crippen LogP contribution in [0.3, 0.4) is 0 Å². The van der Waals surface area contributed by atoms with Gasteiger partial charge in [-0.05, 0) is 66.5 Å². The summed E-state index contributed by atoms with van der Waals surface area (Å²) in [6, 6.07) is -0.780. The van der Waals surface area contributed by atoms with Gasteiger partial charge in [0.15, 0.2) is 18.7 Å². The Bertz CT molecular complexity index is 1390. The third-order valence-electron chi connectivity index (χ3n) is 11.3. The Labute approximate surface area is 349 Å². The lowest BCUT2D eigenvalue weighted by atomic mass is 9.82. The van der Waals surface area contributed by atoms with Crippen LogP contribution in [-0.4, -0.2) is 151 Å². The highest BCUT2D eigenvalue weighted by Gasteiger charge is 2.53. The fraction of sp³-hybridized carbons (Fsp3) is 0.814. The number of carbonyl (C=O) groups is 4. The van der Waals surface area contributed by atoms with Crippen LogP contribution in [0, 0.1) is 11.8 Å². The van der Waals surface area contributed by atoms with Crippen LogP contribution in [-0.2, 0) is 57.1 Å². The summed E-state index contributed by atoms with van der Waals surface area (Å²) >= 11 is 0. The molecule has 16 nitrogen and oxygen atoms in total. The number of ether oxygens (including phenoxy) is 8. The van der Waals surface area contributed by atoms with E-state index in [-0.39, 0.29) is 25.7 Å². The van der Waals surface area contributed by atoms with Gasteiger partial charge in [0, 0.05) is 39.7 Å². The molecule has 0 radical (unpaired) electrons. The highest BCUT2D eigenvalue weighted by Crippen LogP contribution is 2.38. The van der Waals surface area contributed by atoms with Gasteiger partial charge >= 0.3 is 17.9 Å². The summed E-state index contributed by atoms with van der Waals surface area (Å²) in [6.45, 7) is 11.8. The molecule has 0 spiro atoms. The summed E-state index contributed by atoms with van der Waals surface area (Å²) in [4.78, 5) is 52.4. The summed E-state index contributed by atoms with van der Waals surface area (Å²) in [5, 5.41) is 34.7. The van der Waals surface area contributed by atoms with Crippen molar-refractivity contribution in [2.75, 3.05) is 21.2 Å². The Hall–Kier alpha value is -2.80. The number of cyclic esters (lactones) is 1. The van der Waals surface area contributed by atoms with E-state index in [1.807, 2.05) is 19.9 Å². The summed E-state index contributed by atoms with van der Waals surface area (Å²) in [6.07, 6.45) is -1.47. The maximum Gasteiger partial charge on any atom is 0.309 e. The van der Waals surface area contributed by atoms with Gasteiger partial charge < -0.3 is 62.9 Å². The molecule has 2 fully saturated rings. The van der Waals surface area contributed by atoms with E-state index < -0.39 is 121 Å². The Morgan fingerprint density at radius 1 is 1.00 bits per heavy atom. The molecule has 9 unspecified atom stereocenters. The number of allylic oxidation sites excluding steroid dienone is 2. The van der Waals surface area contributed by atoms with E-state index in [2.05, 4.69) is 0 Å². The van der Waals surface area contributed by atoms with E-state index in [1.165, 1.54) is 14.0 Å². The number of esters is 3. The Balaban J connectivity index is 1.95. The molecule has 3 aliphatic heterocycles. The zero-order valence-electron chi connectivity index (χ0n) is 36.6. The van der Waals surface area contributed by atoms with Gasteiger partial charge in [0.2, 0.25) is 0 Å². The summed E-state index contributed by atoms with van der Waals surface area (Å²) in [5.74, 6) is -2.86. The minimum atomic E-state index is -1.49. The summed E-state index contributed by atoms with van der Waals surface area (Å²) in [5.41, 5.74) is -1.49. The number of carbonyl (C=O) groups excluding carboxylic acids is 4. The second-order valence-corrected chi connectivity index (χ2v) is 16.8. The molecule has 0 saturated carbocycles. The quantitative estimate of drug-likeness (QED) is 0.0990. The number of aldehydes is 1. The van der Waals surface area contributed by atoms with Crippen molar-refractivity contribution >= 4 is 24.2 Å². The van der Waals surface area contributed by atoms with Crippen LogP contribution in [0.25, 0.3) is 0 Å². The average Bonchev–Trinajstić information content (AvgIpc) is 3.13. The van der Waals surface area contributed by atoms with Crippen LogP contribution >= 0.6 is 0 Å². The molecule has 3 N–H and O–H groups in total. The Morgan fingerprint density at radius 3 is 2.32 bits per heavy atom. The van der Waals surface area contributed by atoms with Gasteiger partial charge in [0.25, 0.3) is 0 Å². The van der Waals surface area contributed by atoms with Crippen LogP contribution in [0.2, 0.25) is 0 Å². The van der Waals surface area contributed by atoms with Crippen molar-refractivity contribution in [1.29, 1.82) is 0 Å². The molecule has 0 bridgehead atoms. The first-order valence-electron chi connectivity index (χ1n) is 21.1. The Morgan fingerprint density at radius 2 is 1.71 bits per heavy atom. The lowest BCUT2D eigenvalue weighted by molar-refractivity contribution is -0.344. The topological polar surface area (TPSA) is 206 Å². The van der Waals surface area contributed by atoms with Gasteiger partial charge in [0.1, 0.15) is 42.4 Å². The lowest BCUT2D eigenvalue weighted by Crippen LogP contribution is -2.66. The monoisotopic (exact) mass is 841 g/mol. The predicted octanol–water partition coefficient (Wildman–Crippen LogP) is 3.55. The van der Waals surface area contributed by atoms with Gasteiger partial charge in [0.05, 0.1) is 36.9 Å². The number of likely N-dealkylation sites (N-methyl/N-ethyl adjacent to an activating group) is 1. The minimum Gasteiger partial charge on any atom is -0.462 e. The number of nitrogens with zero attached hydrogens (tertiary/aromatic N) is 1. The van der Waals surface area contributed by atoms with Gasteiger partial charge in [-0.1, -0.05) is 51.0 Å². The average molecular weight is 842 g/mol. The normalized spacial score (nSPS) is 39.0. The summed E-state index contributed by atoms with van der Waals surface area (Å²) in [7, 11) is 4.86. The van der Waals surface area contributed by atoms with Crippen molar-refractivity contribution < 1.29 is 72.4 Å². The number of hydrogen-bond donors (Lipinski definition) is 3. The molecular formula is C43H71NO15. The lowest BCUT2D eigenvalue weighted by Gasteiger charge is -2.50. The number of aliphatic hydroxyl groups excluding tert-OH is 2. The zero-order chi connectivity index (χ0) is 44.0. The van der Waals surface area contributed by atoms with Crippen molar-refractivity contribution in [3.05, 3.63) is 24.3 Å². The highest BCUT2D eigenvalue weighted by atomic mass is 16.7. The number of aliphatic hydroxyl groups is 3. The van der Waals surface area contributed by atoms with E-state index in [9.17, 15) is 34.5 Å². The molecule has 0 aromatic rings. The second-order valence-electron chi connectivity index (χ2n) is 16.8. The fourth-order valence-corrected chi connectivity index (χ4v) is 8.28. The van der Waals surface area contributed by atoms with Crippen molar-refractivity contribution in [3.8, 4) is 0 Å². The number of methoxy groups -OCH3 is 1. The molecule has 16 heteroatoms. The molecule has 3 heterocycles. The highest BCUT2D eigenvalue weighted by molar-refractivity contribution is 5.72. The molecule has 0 aromatic carbocycles. The molecule has 0 amide bonds. The molecular weight excluding hydrogens is 770 g/mol. The summed E-state index contributed by atoms with van der Waals surface area (Å²) < 4.78 is 48.7. The first-order valence-corrected chi connectivity index (χ1v) is 21.1. The maximum atomic E-state index is 13.3. The molecule has 3 rings (SSSR count). The predicted molar refractivity (Wildman–Crippen MR) is 215 cm³/mol. The molecule has 0 aromatic heterocycles. The third-order valence-corrected chi connectivity index (χ3v) is 11.3. The largest absolute Gasteiger partial charge is 0.462 e. The van der Waals surface area contributed by atoms with E-state index in [1.54, 1.807) is 64.9 Å². The fourth-order valence-electron chi connectivity index (χ4n) is 8.28. The van der Waals surface area contributed by atoms with Crippen molar-refractivity contribution in [1.82, 2.24) is 4.90 Å². The van der Waals surface area contributed by atoms with Crippen LogP contribution < -0.4 is 0 Å². The van der Waals surface area contributed by atoms with Gasteiger partial charge in [-0.2, -0.15) is 0 Å². The van der Waals surface area contributed by atoms with Crippen LogP contribution in [0.5, 0.6) is 0 Å². The number of unbranched alkanes of at least 4 members (excludes halogenated alkanes) is 2. The van der Waals surface area contributed by atoms with E-state index >= 15 is 0 Å². The number of rotatable bonds is 14.